The first-order valence-corrected chi connectivity index (χ1v) is 12.2. The monoisotopic (exact) mass is 460 g/mol. The number of cyclic esters (lactones) is 1. The highest BCUT2D eigenvalue weighted by Crippen LogP contribution is 2.25. The summed E-state index contributed by atoms with van der Waals surface area (Å²) < 4.78 is 21.3. The lowest BCUT2D eigenvalue weighted by Gasteiger charge is -2.13. The molecule has 2 aromatic rings. The van der Waals surface area contributed by atoms with E-state index in [1.165, 1.54) is 11.0 Å². The van der Waals surface area contributed by atoms with Crippen LogP contribution >= 0.6 is 22.6 Å². The summed E-state index contributed by atoms with van der Waals surface area (Å²) in [5, 5.41) is 9.36. The first kappa shape index (κ1) is 17.3. The Balaban J connectivity index is 1.70. The maximum atomic E-state index is 13.7. The summed E-state index contributed by atoms with van der Waals surface area (Å²) in [5.74, 6) is -0.347. The van der Waals surface area contributed by atoms with Crippen molar-refractivity contribution >= 4 is 47.8 Å². The molecule has 0 bridgehead atoms. The largest absolute Gasteiger partial charge is 0.442 e. The van der Waals surface area contributed by atoms with Gasteiger partial charge in [0.2, 0.25) is 0 Å². The number of benzene rings is 1. The second-order valence-corrected chi connectivity index (χ2v) is 13.0. The van der Waals surface area contributed by atoms with Gasteiger partial charge in [0.05, 0.1) is 24.1 Å². The summed E-state index contributed by atoms with van der Waals surface area (Å²) in [6, 6.07) is 4.71. The topological polar surface area (TPSA) is 60.2 Å². The Labute approximate surface area is 154 Å². The molecule has 1 fully saturated rings. The molecule has 1 unspecified atom stereocenters. The summed E-state index contributed by atoms with van der Waals surface area (Å²) in [5.41, 5.74) is 0.502. The van der Waals surface area contributed by atoms with Crippen LogP contribution in [0.2, 0.25) is 19.6 Å². The summed E-state index contributed by atoms with van der Waals surface area (Å²) in [4.78, 5) is 13.5. The van der Waals surface area contributed by atoms with Crippen molar-refractivity contribution in [1.82, 2.24) is 15.0 Å². The van der Waals surface area contributed by atoms with E-state index < -0.39 is 14.2 Å². The molecule has 1 amide bonds. The lowest BCUT2D eigenvalue weighted by Crippen LogP contribution is -2.38. The Hall–Kier alpha value is -1.49. The van der Waals surface area contributed by atoms with E-state index in [1.54, 1.807) is 16.8 Å². The molecule has 0 saturated carbocycles. The van der Waals surface area contributed by atoms with Crippen LogP contribution in [0.5, 0.6) is 0 Å². The van der Waals surface area contributed by atoms with Crippen LogP contribution in [0.1, 0.15) is 0 Å². The van der Waals surface area contributed by atoms with E-state index >= 15 is 0 Å². The third-order valence-electron chi connectivity index (χ3n) is 3.79. The van der Waals surface area contributed by atoms with Crippen molar-refractivity contribution in [3.8, 4) is 0 Å². The number of hydrogen-bond acceptors (Lipinski definition) is 4. The van der Waals surface area contributed by atoms with E-state index in [0.29, 0.717) is 22.3 Å². The van der Waals surface area contributed by atoms with Crippen molar-refractivity contribution in [3.05, 3.63) is 33.8 Å². The van der Waals surface area contributed by atoms with Gasteiger partial charge in [-0.1, -0.05) is 24.9 Å². The minimum Gasteiger partial charge on any atom is -0.442 e. The molecular weight excluding hydrogens is 442 g/mol. The SMILES string of the molecule is C[Si](C)(C)c1cn(CC2CN(c3ccc(I)c(F)c3)C(=O)O2)nn1. The summed E-state index contributed by atoms with van der Waals surface area (Å²) >= 11 is 1.91. The summed E-state index contributed by atoms with van der Waals surface area (Å²) in [7, 11) is -1.51. The predicted molar refractivity (Wildman–Crippen MR) is 99.7 cm³/mol. The summed E-state index contributed by atoms with van der Waals surface area (Å²) in [6.45, 7) is 7.39. The molecule has 0 spiro atoms. The molecular formula is C15H18FIN4O2Si. The summed E-state index contributed by atoms with van der Waals surface area (Å²) in [6.07, 6.45) is 1.12. The van der Waals surface area contributed by atoms with E-state index in [1.807, 2.05) is 28.8 Å². The van der Waals surface area contributed by atoms with Gasteiger partial charge in [0, 0.05) is 9.77 Å². The lowest BCUT2D eigenvalue weighted by atomic mass is 10.2. The first-order valence-electron chi connectivity index (χ1n) is 7.58. The van der Waals surface area contributed by atoms with Crippen LogP contribution in [0.3, 0.4) is 0 Å². The van der Waals surface area contributed by atoms with Crippen LogP contribution in [0, 0.1) is 9.39 Å². The Bertz CT molecular complexity index is 777. The lowest BCUT2D eigenvalue weighted by molar-refractivity contribution is 0.129. The number of aromatic nitrogens is 3. The highest BCUT2D eigenvalue weighted by molar-refractivity contribution is 14.1. The van der Waals surface area contributed by atoms with E-state index in [0.717, 1.165) is 5.32 Å². The molecule has 1 saturated heterocycles. The Morgan fingerprint density at radius 2 is 2.17 bits per heavy atom. The van der Waals surface area contributed by atoms with Gasteiger partial charge in [-0.05, 0) is 40.8 Å². The zero-order valence-electron chi connectivity index (χ0n) is 13.7. The number of hydrogen-bond donors (Lipinski definition) is 0. The number of halogens is 2. The van der Waals surface area contributed by atoms with Crippen LogP contribution in [-0.4, -0.2) is 41.8 Å². The van der Waals surface area contributed by atoms with Crippen molar-refractivity contribution < 1.29 is 13.9 Å². The zero-order valence-corrected chi connectivity index (χ0v) is 16.8. The van der Waals surface area contributed by atoms with Crippen LogP contribution < -0.4 is 10.2 Å². The van der Waals surface area contributed by atoms with Crippen molar-refractivity contribution in [2.24, 2.45) is 0 Å². The molecule has 1 aromatic heterocycles. The Morgan fingerprint density at radius 1 is 1.42 bits per heavy atom. The molecule has 3 rings (SSSR count). The highest BCUT2D eigenvalue weighted by atomic mass is 127. The van der Waals surface area contributed by atoms with Crippen LogP contribution in [0.4, 0.5) is 14.9 Å². The zero-order chi connectivity index (χ0) is 17.5. The molecule has 1 atom stereocenters. The fourth-order valence-electron chi connectivity index (χ4n) is 2.42. The standard InChI is InChI=1S/C15H18FIN4O2Si/c1-24(2,3)14-9-20(19-18-14)7-11-8-21(15(22)23-11)10-4-5-13(17)12(16)6-10/h4-6,9,11H,7-8H2,1-3H3. The number of nitrogens with zero attached hydrogens (tertiary/aromatic N) is 4. The van der Waals surface area contributed by atoms with Crippen molar-refractivity contribution in [2.45, 2.75) is 32.3 Å². The minimum absolute atomic E-state index is 0.337. The maximum absolute atomic E-state index is 13.7. The number of ether oxygens (including phenoxy) is 1. The van der Waals surface area contributed by atoms with Gasteiger partial charge in [0.25, 0.3) is 0 Å². The molecule has 9 heteroatoms. The molecule has 1 aliphatic rings. The second kappa shape index (κ2) is 6.43. The first-order chi connectivity index (χ1) is 11.2. The van der Waals surface area contributed by atoms with Crippen LogP contribution in [-0.2, 0) is 11.3 Å². The molecule has 1 aliphatic heterocycles. The predicted octanol–water partition coefficient (Wildman–Crippen LogP) is 2.59. The minimum atomic E-state index is -1.51. The van der Waals surface area contributed by atoms with Gasteiger partial charge in [0.1, 0.15) is 20.0 Å². The Kier molecular flexibility index (Phi) is 4.64. The molecule has 1 aromatic carbocycles. The van der Waals surface area contributed by atoms with Crippen molar-refractivity contribution in [1.29, 1.82) is 0 Å². The van der Waals surface area contributed by atoms with Crippen LogP contribution in [0.15, 0.2) is 24.4 Å². The highest BCUT2D eigenvalue weighted by Gasteiger charge is 2.33. The molecule has 2 heterocycles. The number of rotatable bonds is 4. The molecule has 24 heavy (non-hydrogen) atoms. The maximum Gasteiger partial charge on any atom is 0.414 e. The smallest absolute Gasteiger partial charge is 0.414 e. The fraction of sp³-hybridized carbons (Fsp3) is 0.400. The van der Waals surface area contributed by atoms with E-state index in [9.17, 15) is 9.18 Å². The van der Waals surface area contributed by atoms with Gasteiger partial charge in [-0.2, -0.15) is 0 Å². The van der Waals surface area contributed by atoms with Gasteiger partial charge in [0.15, 0.2) is 0 Å². The Morgan fingerprint density at radius 3 is 2.79 bits per heavy atom. The van der Waals surface area contributed by atoms with Gasteiger partial charge in [-0.25, -0.2) is 13.9 Å². The normalized spacial score (nSPS) is 18.1. The second-order valence-electron chi connectivity index (χ2n) is 6.79. The molecule has 0 radical (unpaired) electrons. The van der Waals surface area contributed by atoms with E-state index in [-0.39, 0.29) is 11.9 Å². The third-order valence-corrected chi connectivity index (χ3v) is 6.43. The van der Waals surface area contributed by atoms with Crippen molar-refractivity contribution in [3.63, 3.8) is 0 Å². The van der Waals surface area contributed by atoms with Crippen molar-refractivity contribution in [2.75, 3.05) is 11.4 Å². The fourth-order valence-corrected chi connectivity index (χ4v) is 3.64. The number of carbonyl (C=O) groups excluding carboxylic acids is 1. The molecule has 0 N–H and O–H groups in total. The van der Waals surface area contributed by atoms with Gasteiger partial charge >= 0.3 is 6.09 Å². The average molecular weight is 460 g/mol. The van der Waals surface area contributed by atoms with E-state index in [4.69, 9.17) is 4.74 Å². The van der Waals surface area contributed by atoms with Gasteiger partial charge in [-0.15, -0.1) is 5.10 Å². The number of carbonyl (C=O) groups is 1. The number of amides is 1. The van der Waals surface area contributed by atoms with Crippen LogP contribution in [0.25, 0.3) is 0 Å². The molecule has 128 valence electrons. The van der Waals surface area contributed by atoms with Gasteiger partial charge < -0.3 is 4.74 Å². The quantitative estimate of drug-likeness (QED) is 0.520. The van der Waals surface area contributed by atoms with E-state index in [2.05, 4.69) is 30.0 Å². The molecule has 0 aliphatic carbocycles. The van der Waals surface area contributed by atoms with Gasteiger partial charge in [-0.3, -0.25) is 4.90 Å². The molecule has 6 nitrogen and oxygen atoms in total. The average Bonchev–Trinajstić information content (AvgIpc) is 3.09. The third kappa shape index (κ3) is 3.61. The number of anilines is 1.